The summed E-state index contributed by atoms with van der Waals surface area (Å²) in [5, 5.41) is 50.3. The topological polar surface area (TPSA) is 146 Å². The highest BCUT2D eigenvalue weighted by Gasteiger charge is 2.54. The summed E-state index contributed by atoms with van der Waals surface area (Å²) in [6, 6.07) is 3.82. The predicted octanol–water partition coefficient (Wildman–Crippen LogP) is 1.18. The van der Waals surface area contributed by atoms with Gasteiger partial charge in [0.1, 0.15) is 18.3 Å². The molecule has 0 aromatic heterocycles. The van der Waals surface area contributed by atoms with E-state index in [0.29, 0.717) is 23.5 Å². The zero-order valence-corrected chi connectivity index (χ0v) is 19.5. The van der Waals surface area contributed by atoms with E-state index < -0.39 is 36.7 Å². The normalized spacial score (nSPS) is 43.4. The first-order chi connectivity index (χ1) is 16.2. The number of aliphatic carboxylic acids is 1. The molecular weight excluding hydrogens is 444 g/mol. The zero-order chi connectivity index (χ0) is 24.4. The second kappa shape index (κ2) is 8.64. The molecule has 5 rings (SSSR count). The van der Waals surface area contributed by atoms with Gasteiger partial charge < -0.3 is 39.7 Å². The maximum absolute atomic E-state index is 11.4. The summed E-state index contributed by atoms with van der Waals surface area (Å²) in [6.07, 6.45) is -2.82. The first-order valence-electron chi connectivity index (χ1n) is 12.1. The van der Waals surface area contributed by atoms with E-state index in [0.717, 1.165) is 44.1 Å². The fourth-order valence-electron chi connectivity index (χ4n) is 7.08. The van der Waals surface area contributed by atoms with Crippen molar-refractivity contribution in [2.75, 3.05) is 7.11 Å². The average molecular weight is 479 g/mol. The summed E-state index contributed by atoms with van der Waals surface area (Å²) in [5.41, 5.74) is 2.32. The molecule has 1 saturated heterocycles. The van der Waals surface area contributed by atoms with Crippen LogP contribution in [0.15, 0.2) is 12.1 Å². The molecule has 0 spiro atoms. The van der Waals surface area contributed by atoms with E-state index >= 15 is 0 Å². The molecule has 4 aliphatic rings. The number of aliphatic hydroxyl groups excluding tert-OH is 4. The Morgan fingerprint density at radius 1 is 1.03 bits per heavy atom. The largest absolute Gasteiger partial charge is 0.493 e. The van der Waals surface area contributed by atoms with E-state index in [9.17, 15) is 30.3 Å². The van der Waals surface area contributed by atoms with Crippen molar-refractivity contribution in [2.45, 2.75) is 88.2 Å². The lowest BCUT2D eigenvalue weighted by molar-refractivity contribution is -0.271. The second-order valence-electron chi connectivity index (χ2n) is 10.6. The highest BCUT2D eigenvalue weighted by molar-refractivity contribution is 5.73. The molecule has 188 valence electrons. The van der Waals surface area contributed by atoms with Crippen LogP contribution in [0, 0.1) is 17.3 Å². The lowest BCUT2D eigenvalue weighted by atomic mass is 9.55. The van der Waals surface area contributed by atoms with Gasteiger partial charge in [0.2, 0.25) is 6.29 Å². The van der Waals surface area contributed by atoms with Crippen molar-refractivity contribution in [3.05, 3.63) is 23.3 Å². The first kappa shape index (κ1) is 23.8. The Bertz CT molecular complexity index is 951. The van der Waals surface area contributed by atoms with Gasteiger partial charge in [-0.3, -0.25) is 0 Å². The van der Waals surface area contributed by atoms with Crippen LogP contribution in [0.3, 0.4) is 0 Å². The van der Waals surface area contributed by atoms with Gasteiger partial charge in [0.15, 0.2) is 17.6 Å². The Balaban J connectivity index is 1.42. The number of hydrogen-bond acceptors (Lipinski definition) is 8. The van der Waals surface area contributed by atoms with Gasteiger partial charge in [0.05, 0.1) is 13.2 Å². The molecule has 0 radical (unpaired) electrons. The number of hydrogen-bond donors (Lipinski definition) is 5. The van der Waals surface area contributed by atoms with Crippen molar-refractivity contribution in [3.8, 4) is 11.5 Å². The minimum absolute atomic E-state index is 0.00759. The van der Waals surface area contributed by atoms with Crippen molar-refractivity contribution in [3.63, 3.8) is 0 Å². The van der Waals surface area contributed by atoms with Crippen molar-refractivity contribution in [1.82, 2.24) is 0 Å². The summed E-state index contributed by atoms with van der Waals surface area (Å²) in [4.78, 5) is 11.4. The van der Waals surface area contributed by atoms with Crippen LogP contribution >= 0.6 is 0 Å². The summed E-state index contributed by atoms with van der Waals surface area (Å²) in [6.45, 7) is 2.24. The van der Waals surface area contributed by atoms with Crippen molar-refractivity contribution in [2.24, 2.45) is 17.3 Å². The third-order valence-corrected chi connectivity index (χ3v) is 9.02. The summed E-state index contributed by atoms with van der Waals surface area (Å²) >= 11 is 0. The van der Waals surface area contributed by atoms with Gasteiger partial charge in [-0.1, -0.05) is 6.92 Å². The third-order valence-electron chi connectivity index (χ3n) is 9.02. The second-order valence-corrected chi connectivity index (χ2v) is 10.6. The van der Waals surface area contributed by atoms with Gasteiger partial charge >= 0.3 is 5.97 Å². The minimum atomic E-state index is -1.78. The molecule has 1 aliphatic heterocycles. The molecule has 1 aromatic rings. The standard InChI is InChI=1S/C25H34O9/c1-25-8-7-12-13(15(25)5-6-18(25)26)4-3-11-9-17(16(32-2)10-14(11)12)33-24-21(29)19(27)20(28)22(34-24)23(30)31/h9-10,12-13,15,18-22,24,26-29H,3-8H2,1-2H3,(H,30,31)/t12-,13+,15-,18-,19-,20-,21+,22-,24+,25-/m0/s1. The lowest BCUT2D eigenvalue weighted by Gasteiger charge is -2.50. The van der Waals surface area contributed by atoms with Crippen LogP contribution in [0.4, 0.5) is 0 Å². The SMILES string of the molecule is COc1cc2c(cc1O[C@@H]1O[C@H](C(=O)O)[C@@H](O)[C@H](O)[C@H]1O)CC[C@@H]1[C@@H]2CC[C@]2(C)[C@@H](O)CC[C@@H]12. The minimum Gasteiger partial charge on any atom is -0.493 e. The number of carbonyl (C=O) groups is 1. The smallest absolute Gasteiger partial charge is 0.335 e. The molecule has 0 amide bonds. The van der Waals surface area contributed by atoms with Crippen LogP contribution in [0.5, 0.6) is 11.5 Å². The highest BCUT2D eigenvalue weighted by atomic mass is 16.7. The molecule has 9 heteroatoms. The van der Waals surface area contributed by atoms with Crippen LogP contribution in [-0.4, -0.2) is 75.4 Å². The number of rotatable bonds is 4. The Morgan fingerprint density at radius 2 is 1.79 bits per heavy atom. The third kappa shape index (κ3) is 3.60. The van der Waals surface area contributed by atoms with Gasteiger partial charge in [-0.2, -0.15) is 0 Å². The van der Waals surface area contributed by atoms with Crippen LogP contribution in [-0.2, 0) is 16.0 Å². The van der Waals surface area contributed by atoms with E-state index in [1.165, 1.54) is 12.7 Å². The molecule has 5 N–H and O–H groups in total. The highest BCUT2D eigenvalue weighted by Crippen LogP contribution is 2.61. The predicted molar refractivity (Wildman–Crippen MR) is 119 cm³/mol. The van der Waals surface area contributed by atoms with E-state index in [1.54, 1.807) is 0 Å². The molecule has 2 saturated carbocycles. The van der Waals surface area contributed by atoms with Crippen molar-refractivity contribution >= 4 is 5.97 Å². The first-order valence-corrected chi connectivity index (χ1v) is 12.1. The number of carboxylic acids is 1. The molecular formula is C25H34O9. The Kier molecular flexibility index (Phi) is 6.05. The fourth-order valence-corrected chi connectivity index (χ4v) is 7.08. The van der Waals surface area contributed by atoms with Crippen LogP contribution in [0.25, 0.3) is 0 Å². The van der Waals surface area contributed by atoms with Crippen molar-refractivity contribution in [1.29, 1.82) is 0 Å². The molecule has 0 bridgehead atoms. The number of aliphatic hydroxyl groups is 4. The number of carboxylic acid groups (broad SMARTS) is 1. The monoisotopic (exact) mass is 478 g/mol. The molecule has 3 fully saturated rings. The molecule has 1 heterocycles. The molecule has 1 aromatic carbocycles. The Hall–Kier alpha value is -1.91. The molecule has 10 atom stereocenters. The fraction of sp³-hybridized carbons (Fsp3) is 0.720. The van der Waals surface area contributed by atoms with E-state index in [1.807, 2.05) is 12.1 Å². The van der Waals surface area contributed by atoms with E-state index in [2.05, 4.69) is 6.92 Å². The van der Waals surface area contributed by atoms with E-state index in [-0.39, 0.29) is 17.3 Å². The van der Waals surface area contributed by atoms with Gasteiger partial charge in [0, 0.05) is 0 Å². The van der Waals surface area contributed by atoms with E-state index in [4.69, 9.17) is 14.2 Å². The van der Waals surface area contributed by atoms with Crippen molar-refractivity contribution < 1.29 is 44.5 Å². The van der Waals surface area contributed by atoms with Crippen LogP contribution in [0.2, 0.25) is 0 Å². The maximum atomic E-state index is 11.4. The van der Waals surface area contributed by atoms with Gasteiger partial charge in [0.25, 0.3) is 0 Å². The summed E-state index contributed by atoms with van der Waals surface area (Å²) in [5.74, 6) is 0.645. The van der Waals surface area contributed by atoms with Gasteiger partial charge in [-0.15, -0.1) is 0 Å². The average Bonchev–Trinajstić information content (AvgIpc) is 3.12. The Labute approximate surface area is 198 Å². The molecule has 34 heavy (non-hydrogen) atoms. The number of methoxy groups -OCH3 is 1. The molecule has 3 aliphatic carbocycles. The number of ether oxygens (including phenoxy) is 3. The number of aryl methyl sites for hydroxylation is 1. The Morgan fingerprint density at radius 3 is 2.50 bits per heavy atom. The van der Waals surface area contributed by atoms with Gasteiger partial charge in [-0.05, 0) is 85.0 Å². The van der Waals surface area contributed by atoms with Crippen LogP contribution in [0.1, 0.15) is 56.1 Å². The summed E-state index contributed by atoms with van der Waals surface area (Å²) in [7, 11) is 1.51. The summed E-state index contributed by atoms with van der Waals surface area (Å²) < 4.78 is 16.7. The van der Waals surface area contributed by atoms with Crippen LogP contribution < -0.4 is 9.47 Å². The quantitative estimate of drug-likeness (QED) is 0.431. The zero-order valence-electron chi connectivity index (χ0n) is 19.5. The molecule has 9 nitrogen and oxygen atoms in total. The molecule has 0 unspecified atom stereocenters. The number of benzene rings is 1. The van der Waals surface area contributed by atoms with Gasteiger partial charge in [-0.25, -0.2) is 4.79 Å². The lowest BCUT2D eigenvalue weighted by Crippen LogP contribution is -2.61. The number of fused-ring (bicyclic) bond motifs is 5. The maximum Gasteiger partial charge on any atom is 0.335 e.